The maximum atomic E-state index is 5.28. The van der Waals surface area contributed by atoms with Gasteiger partial charge in [-0.25, -0.2) is 0 Å². The molecule has 0 saturated heterocycles. The van der Waals surface area contributed by atoms with Crippen molar-refractivity contribution in [1.82, 2.24) is 0 Å². The zero-order valence-electron chi connectivity index (χ0n) is 8.13. The fourth-order valence-electron chi connectivity index (χ4n) is 2.03. The van der Waals surface area contributed by atoms with Gasteiger partial charge >= 0.3 is 0 Å². The van der Waals surface area contributed by atoms with Crippen molar-refractivity contribution < 1.29 is 14.2 Å². The number of ether oxygens (including phenoxy) is 3. The predicted molar refractivity (Wildman–Crippen MR) is 45.7 cm³/mol. The minimum atomic E-state index is -0.795. The van der Waals surface area contributed by atoms with E-state index in [1.165, 1.54) is 12.8 Å². The van der Waals surface area contributed by atoms with Crippen molar-refractivity contribution >= 4 is 0 Å². The first kappa shape index (κ1) is 9.96. The van der Waals surface area contributed by atoms with E-state index in [1.807, 2.05) is 0 Å². The topological polar surface area (TPSA) is 27.7 Å². The second kappa shape index (κ2) is 4.21. The van der Waals surface area contributed by atoms with Gasteiger partial charge in [0.25, 0.3) is 5.97 Å². The van der Waals surface area contributed by atoms with Crippen LogP contribution in [0.1, 0.15) is 25.7 Å². The summed E-state index contributed by atoms with van der Waals surface area (Å²) in [4.78, 5) is 0. The van der Waals surface area contributed by atoms with Crippen molar-refractivity contribution in [2.75, 3.05) is 21.3 Å². The van der Waals surface area contributed by atoms with Crippen LogP contribution in [0.15, 0.2) is 0 Å². The maximum Gasteiger partial charge on any atom is 0.285 e. The lowest BCUT2D eigenvalue weighted by molar-refractivity contribution is -0.377. The van der Waals surface area contributed by atoms with Crippen LogP contribution in [-0.4, -0.2) is 27.3 Å². The van der Waals surface area contributed by atoms with E-state index in [0.29, 0.717) is 5.92 Å². The highest BCUT2D eigenvalue weighted by molar-refractivity contribution is 4.76. The van der Waals surface area contributed by atoms with Gasteiger partial charge in [0.2, 0.25) is 0 Å². The lowest BCUT2D eigenvalue weighted by Crippen LogP contribution is -2.42. The van der Waals surface area contributed by atoms with Gasteiger partial charge < -0.3 is 14.2 Å². The maximum absolute atomic E-state index is 5.28. The van der Waals surface area contributed by atoms with Crippen LogP contribution >= 0.6 is 0 Å². The van der Waals surface area contributed by atoms with Crippen molar-refractivity contribution in [2.45, 2.75) is 31.7 Å². The normalized spacial score (nSPS) is 20.2. The summed E-state index contributed by atoms with van der Waals surface area (Å²) in [5.41, 5.74) is 0. The van der Waals surface area contributed by atoms with Crippen LogP contribution in [0, 0.1) is 5.92 Å². The second-order valence-electron chi connectivity index (χ2n) is 3.20. The Hall–Kier alpha value is -0.120. The molecule has 0 aromatic heterocycles. The minimum Gasteiger partial charge on any atom is -0.331 e. The monoisotopic (exact) mass is 174 g/mol. The standard InChI is InChI=1S/C9H18O3/c1-10-9(11-2,12-3)8-6-4-5-7-8/h8H,4-7H2,1-3H3. The van der Waals surface area contributed by atoms with E-state index in [4.69, 9.17) is 14.2 Å². The molecule has 0 amide bonds. The molecule has 1 fully saturated rings. The molecule has 1 aliphatic rings. The third kappa shape index (κ3) is 1.63. The van der Waals surface area contributed by atoms with Crippen molar-refractivity contribution in [1.29, 1.82) is 0 Å². The highest BCUT2D eigenvalue weighted by Gasteiger charge is 2.41. The summed E-state index contributed by atoms with van der Waals surface area (Å²) in [5.74, 6) is -0.409. The molecular weight excluding hydrogens is 156 g/mol. The Labute approximate surface area is 74.0 Å². The van der Waals surface area contributed by atoms with Crippen molar-refractivity contribution in [3.05, 3.63) is 0 Å². The Morgan fingerprint density at radius 1 is 0.917 bits per heavy atom. The molecule has 3 nitrogen and oxygen atoms in total. The molecular formula is C9H18O3. The highest BCUT2D eigenvalue weighted by Crippen LogP contribution is 2.36. The van der Waals surface area contributed by atoms with Gasteiger partial charge in [-0.3, -0.25) is 0 Å². The van der Waals surface area contributed by atoms with Crippen molar-refractivity contribution in [3.8, 4) is 0 Å². The summed E-state index contributed by atoms with van der Waals surface area (Å²) in [6.07, 6.45) is 4.77. The molecule has 0 aliphatic heterocycles. The van der Waals surface area contributed by atoms with Crippen LogP contribution in [-0.2, 0) is 14.2 Å². The molecule has 0 atom stereocenters. The van der Waals surface area contributed by atoms with Crippen LogP contribution in [0.2, 0.25) is 0 Å². The third-order valence-electron chi connectivity index (χ3n) is 2.71. The van der Waals surface area contributed by atoms with E-state index in [1.54, 1.807) is 21.3 Å². The molecule has 0 spiro atoms. The molecule has 1 saturated carbocycles. The predicted octanol–water partition coefficient (Wildman–Crippen LogP) is 1.77. The Kier molecular flexibility index (Phi) is 3.50. The summed E-state index contributed by atoms with van der Waals surface area (Å²) in [5, 5.41) is 0. The fourth-order valence-corrected chi connectivity index (χ4v) is 2.03. The molecule has 12 heavy (non-hydrogen) atoms. The fraction of sp³-hybridized carbons (Fsp3) is 1.00. The van der Waals surface area contributed by atoms with Gasteiger partial charge in [0, 0.05) is 27.2 Å². The van der Waals surface area contributed by atoms with Crippen molar-refractivity contribution in [3.63, 3.8) is 0 Å². The summed E-state index contributed by atoms with van der Waals surface area (Å²) in [6.45, 7) is 0. The Balaban J connectivity index is 2.61. The molecule has 3 heteroatoms. The van der Waals surface area contributed by atoms with E-state index < -0.39 is 5.97 Å². The number of rotatable bonds is 4. The van der Waals surface area contributed by atoms with E-state index in [-0.39, 0.29) is 0 Å². The Bertz CT molecular complexity index is 117. The summed E-state index contributed by atoms with van der Waals surface area (Å²) in [6, 6.07) is 0. The highest BCUT2D eigenvalue weighted by atomic mass is 16.9. The zero-order chi connectivity index (χ0) is 9.03. The molecule has 0 heterocycles. The Morgan fingerprint density at radius 2 is 1.33 bits per heavy atom. The summed E-state index contributed by atoms with van der Waals surface area (Å²) < 4.78 is 15.8. The SMILES string of the molecule is COC(OC)(OC)C1CCCC1. The van der Waals surface area contributed by atoms with Gasteiger partial charge in [-0.05, 0) is 12.8 Å². The van der Waals surface area contributed by atoms with E-state index in [2.05, 4.69) is 0 Å². The first-order valence-corrected chi connectivity index (χ1v) is 4.44. The lowest BCUT2D eigenvalue weighted by Gasteiger charge is -2.34. The lowest BCUT2D eigenvalue weighted by atomic mass is 10.1. The largest absolute Gasteiger partial charge is 0.331 e. The van der Waals surface area contributed by atoms with Gasteiger partial charge in [-0.2, -0.15) is 0 Å². The molecule has 0 bridgehead atoms. The average Bonchev–Trinajstić information content (AvgIpc) is 2.62. The number of hydrogen-bond donors (Lipinski definition) is 0. The zero-order valence-corrected chi connectivity index (χ0v) is 8.13. The van der Waals surface area contributed by atoms with Crippen LogP contribution in [0.4, 0.5) is 0 Å². The van der Waals surface area contributed by atoms with Gasteiger partial charge in [-0.1, -0.05) is 12.8 Å². The van der Waals surface area contributed by atoms with E-state index >= 15 is 0 Å². The van der Waals surface area contributed by atoms with Crippen LogP contribution < -0.4 is 0 Å². The van der Waals surface area contributed by atoms with Gasteiger partial charge in [0.05, 0.1) is 0 Å². The van der Waals surface area contributed by atoms with Gasteiger partial charge in [0.15, 0.2) is 0 Å². The minimum absolute atomic E-state index is 0.387. The smallest absolute Gasteiger partial charge is 0.285 e. The second-order valence-corrected chi connectivity index (χ2v) is 3.20. The molecule has 0 aromatic carbocycles. The Morgan fingerprint density at radius 3 is 1.67 bits per heavy atom. The first-order chi connectivity index (χ1) is 5.79. The number of hydrogen-bond acceptors (Lipinski definition) is 3. The van der Waals surface area contributed by atoms with E-state index in [9.17, 15) is 0 Å². The van der Waals surface area contributed by atoms with Gasteiger partial charge in [-0.15, -0.1) is 0 Å². The van der Waals surface area contributed by atoms with Crippen LogP contribution in [0.5, 0.6) is 0 Å². The molecule has 1 rings (SSSR count). The van der Waals surface area contributed by atoms with Crippen molar-refractivity contribution in [2.24, 2.45) is 5.92 Å². The summed E-state index contributed by atoms with van der Waals surface area (Å²) >= 11 is 0. The van der Waals surface area contributed by atoms with Gasteiger partial charge in [0.1, 0.15) is 0 Å². The third-order valence-corrected chi connectivity index (χ3v) is 2.71. The first-order valence-electron chi connectivity index (χ1n) is 4.44. The molecule has 0 radical (unpaired) electrons. The molecule has 0 N–H and O–H groups in total. The molecule has 72 valence electrons. The van der Waals surface area contributed by atoms with E-state index in [0.717, 1.165) is 12.8 Å². The summed E-state index contributed by atoms with van der Waals surface area (Å²) in [7, 11) is 4.89. The molecule has 0 aromatic rings. The molecule has 1 aliphatic carbocycles. The van der Waals surface area contributed by atoms with Crippen LogP contribution in [0.25, 0.3) is 0 Å². The molecule has 0 unspecified atom stereocenters. The van der Waals surface area contributed by atoms with Crippen LogP contribution in [0.3, 0.4) is 0 Å². The average molecular weight is 174 g/mol. The quantitative estimate of drug-likeness (QED) is 0.608. The number of methoxy groups -OCH3 is 3.